The standard InChI is InChI=1S/C11H13ClN2O2/c12-8-1-3-9(4-2-8)14-10(5-13)6-16-7-11(14)15/h1-4,10H,5-7,13H2. The third-order valence-electron chi connectivity index (χ3n) is 2.55. The molecule has 0 aromatic heterocycles. The lowest BCUT2D eigenvalue weighted by Gasteiger charge is -2.34. The van der Waals surface area contributed by atoms with E-state index in [9.17, 15) is 4.79 Å². The van der Waals surface area contributed by atoms with E-state index in [-0.39, 0.29) is 18.6 Å². The van der Waals surface area contributed by atoms with Crippen LogP contribution in [0.3, 0.4) is 0 Å². The molecule has 0 spiro atoms. The van der Waals surface area contributed by atoms with Crippen LogP contribution >= 0.6 is 11.6 Å². The Hall–Kier alpha value is -1.10. The largest absolute Gasteiger partial charge is 0.369 e. The van der Waals surface area contributed by atoms with Gasteiger partial charge in [-0.1, -0.05) is 11.6 Å². The lowest BCUT2D eigenvalue weighted by atomic mass is 10.2. The summed E-state index contributed by atoms with van der Waals surface area (Å²) in [5, 5.41) is 0.647. The second-order valence-electron chi connectivity index (χ2n) is 3.64. The zero-order valence-corrected chi connectivity index (χ0v) is 9.48. The van der Waals surface area contributed by atoms with E-state index in [1.165, 1.54) is 0 Å². The molecule has 1 fully saturated rings. The van der Waals surface area contributed by atoms with Crippen molar-refractivity contribution >= 4 is 23.2 Å². The molecule has 0 saturated carbocycles. The number of morpholine rings is 1. The molecule has 1 saturated heterocycles. The van der Waals surface area contributed by atoms with Gasteiger partial charge in [0, 0.05) is 17.3 Å². The van der Waals surface area contributed by atoms with Gasteiger partial charge in [0.1, 0.15) is 6.61 Å². The highest BCUT2D eigenvalue weighted by atomic mass is 35.5. The minimum atomic E-state index is -0.0950. The number of nitrogens with two attached hydrogens (primary N) is 1. The topological polar surface area (TPSA) is 55.6 Å². The molecule has 0 bridgehead atoms. The van der Waals surface area contributed by atoms with Crippen LogP contribution in [0.2, 0.25) is 5.02 Å². The average molecular weight is 241 g/mol. The van der Waals surface area contributed by atoms with Crippen molar-refractivity contribution in [2.75, 3.05) is 24.7 Å². The number of amides is 1. The molecule has 0 aliphatic carbocycles. The van der Waals surface area contributed by atoms with E-state index in [1.54, 1.807) is 17.0 Å². The molecular formula is C11H13ClN2O2. The van der Waals surface area contributed by atoms with Crippen molar-refractivity contribution in [1.29, 1.82) is 0 Å². The zero-order chi connectivity index (χ0) is 11.5. The van der Waals surface area contributed by atoms with E-state index in [0.717, 1.165) is 5.69 Å². The summed E-state index contributed by atoms with van der Waals surface area (Å²) in [6.45, 7) is 0.971. The first-order valence-corrected chi connectivity index (χ1v) is 5.45. The van der Waals surface area contributed by atoms with Crippen molar-refractivity contribution in [3.05, 3.63) is 29.3 Å². The Morgan fingerprint density at radius 2 is 2.12 bits per heavy atom. The van der Waals surface area contributed by atoms with Crippen molar-refractivity contribution in [2.45, 2.75) is 6.04 Å². The second-order valence-corrected chi connectivity index (χ2v) is 4.08. The molecule has 1 heterocycles. The van der Waals surface area contributed by atoms with Gasteiger partial charge in [0.2, 0.25) is 0 Å². The van der Waals surface area contributed by atoms with Crippen LogP contribution in [0, 0.1) is 0 Å². The molecule has 2 N–H and O–H groups in total. The van der Waals surface area contributed by atoms with Gasteiger partial charge in [0.05, 0.1) is 12.6 Å². The first-order valence-electron chi connectivity index (χ1n) is 5.08. The Balaban J connectivity index is 2.28. The van der Waals surface area contributed by atoms with Gasteiger partial charge in [0.25, 0.3) is 5.91 Å². The zero-order valence-electron chi connectivity index (χ0n) is 8.73. The minimum Gasteiger partial charge on any atom is -0.369 e. The Morgan fingerprint density at radius 1 is 1.44 bits per heavy atom. The molecule has 1 aromatic carbocycles. The average Bonchev–Trinajstić information content (AvgIpc) is 2.30. The fourth-order valence-corrected chi connectivity index (χ4v) is 1.89. The number of hydrogen-bond acceptors (Lipinski definition) is 3. The quantitative estimate of drug-likeness (QED) is 0.840. The highest BCUT2D eigenvalue weighted by molar-refractivity contribution is 6.30. The molecule has 1 amide bonds. The second kappa shape index (κ2) is 4.82. The number of rotatable bonds is 2. The normalized spacial score (nSPS) is 21.2. The SMILES string of the molecule is NCC1COCC(=O)N1c1ccc(Cl)cc1. The van der Waals surface area contributed by atoms with E-state index >= 15 is 0 Å². The first kappa shape index (κ1) is 11.4. The molecule has 1 atom stereocenters. The van der Waals surface area contributed by atoms with Crippen LogP contribution in [0.1, 0.15) is 0 Å². The van der Waals surface area contributed by atoms with Crippen molar-refractivity contribution in [3.8, 4) is 0 Å². The van der Waals surface area contributed by atoms with Gasteiger partial charge in [-0.15, -0.1) is 0 Å². The lowest BCUT2D eigenvalue weighted by molar-refractivity contribution is -0.127. The summed E-state index contributed by atoms with van der Waals surface area (Å²) < 4.78 is 5.16. The molecule has 1 aromatic rings. The van der Waals surface area contributed by atoms with E-state index in [0.29, 0.717) is 18.2 Å². The summed E-state index contributed by atoms with van der Waals surface area (Å²) in [4.78, 5) is 13.4. The maximum atomic E-state index is 11.8. The van der Waals surface area contributed by atoms with Crippen molar-refractivity contribution < 1.29 is 9.53 Å². The van der Waals surface area contributed by atoms with Crippen LogP contribution in [0.5, 0.6) is 0 Å². The summed E-state index contributed by atoms with van der Waals surface area (Å²) in [6.07, 6.45) is 0. The van der Waals surface area contributed by atoms with Crippen molar-refractivity contribution in [2.24, 2.45) is 5.73 Å². The molecule has 1 unspecified atom stereocenters. The van der Waals surface area contributed by atoms with Gasteiger partial charge in [-0.05, 0) is 24.3 Å². The molecule has 2 rings (SSSR count). The Labute approximate surface area is 98.9 Å². The van der Waals surface area contributed by atoms with Crippen molar-refractivity contribution in [1.82, 2.24) is 0 Å². The number of carbonyl (C=O) groups excluding carboxylic acids is 1. The fourth-order valence-electron chi connectivity index (χ4n) is 1.76. The van der Waals surface area contributed by atoms with E-state index in [2.05, 4.69) is 0 Å². The first-order chi connectivity index (χ1) is 7.72. The molecule has 16 heavy (non-hydrogen) atoms. The van der Waals surface area contributed by atoms with Gasteiger partial charge in [-0.2, -0.15) is 0 Å². The fraction of sp³-hybridized carbons (Fsp3) is 0.364. The van der Waals surface area contributed by atoms with Crippen LogP contribution < -0.4 is 10.6 Å². The van der Waals surface area contributed by atoms with E-state index in [1.807, 2.05) is 12.1 Å². The van der Waals surface area contributed by atoms with Crippen LogP contribution in [0.25, 0.3) is 0 Å². The summed E-state index contributed by atoms with van der Waals surface area (Å²) in [5.41, 5.74) is 6.44. The van der Waals surface area contributed by atoms with Gasteiger partial charge < -0.3 is 15.4 Å². The molecule has 86 valence electrons. The third-order valence-corrected chi connectivity index (χ3v) is 2.80. The summed E-state index contributed by atoms with van der Waals surface area (Å²) in [7, 11) is 0. The van der Waals surface area contributed by atoms with Crippen LogP contribution in [-0.2, 0) is 9.53 Å². The summed E-state index contributed by atoms with van der Waals surface area (Å²) >= 11 is 5.80. The Bertz CT molecular complexity index is 380. The van der Waals surface area contributed by atoms with E-state index < -0.39 is 0 Å². The predicted molar refractivity (Wildman–Crippen MR) is 62.6 cm³/mol. The molecule has 4 nitrogen and oxygen atoms in total. The van der Waals surface area contributed by atoms with Gasteiger partial charge >= 0.3 is 0 Å². The van der Waals surface area contributed by atoms with Gasteiger partial charge in [-0.3, -0.25) is 4.79 Å². The molecule has 5 heteroatoms. The number of carbonyl (C=O) groups is 1. The Kier molecular flexibility index (Phi) is 3.43. The van der Waals surface area contributed by atoms with Crippen LogP contribution in [0.4, 0.5) is 5.69 Å². The molecule has 1 aliphatic heterocycles. The molecule has 1 aliphatic rings. The predicted octanol–water partition coefficient (Wildman–Crippen LogP) is 1.03. The maximum Gasteiger partial charge on any atom is 0.253 e. The minimum absolute atomic E-state index is 0.0657. The van der Waals surface area contributed by atoms with Crippen LogP contribution in [0.15, 0.2) is 24.3 Å². The van der Waals surface area contributed by atoms with Crippen LogP contribution in [-0.4, -0.2) is 31.7 Å². The van der Waals surface area contributed by atoms with E-state index in [4.69, 9.17) is 22.1 Å². The highest BCUT2D eigenvalue weighted by Gasteiger charge is 2.28. The van der Waals surface area contributed by atoms with Gasteiger partial charge in [-0.25, -0.2) is 0 Å². The number of anilines is 1. The van der Waals surface area contributed by atoms with Crippen molar-refractivity contribution in [3.63, 3.8) is 0 Å². The number of benzene rings is 1. The number of hydrogen-bond donors (Lipinski definition) is 1. The number of nitrogens with zero attached hydrogens (tertiary/aromatic N) is 1. The molecular weight excluding hydrogens is 228 g/mol. The number of ether oxygens (including phenoxy) is 1. The van der Waals surface area contributed by atoms with Gasteiger partial charge in [0.15, 0.2) is 0 Å². The highest BCUT2D eigenvalue weighted by Crippen LogP contribution is 2.22. The maximum absolute atomic E-state index is 11.8. The Morgan fingerprint density at radius 3 is 2.75 bits per heavy atom. The number of halogens is 1. The summed E-state index contributed by atoms with van der Waals surface area (Å²) in [6, 6.07) is 7.05. The summed E-state index contributed by atoms with van der Waals surface area (Å²) in [5.74, 6) is -0.0657. The lowest BCUT2D eigenvalue weighted by Crippen LogP contribution is -2.53. The molecule has 0 radical (unpaired) electrons. The third kappa shape index (κ3) is 2.19. The monoisotopic (exact) mass is 240 g/mol. The smallest absolute Gasteiger partial charge is 0.253 e.